The number of aliphatic hydroxyl groups is 1. The van der Waals surface area contributed by atoms with Gasteiger partial charge < -0.3 is 12.7 Å². The maximum Gasteiger partial charge on any atom is 2.00 e. The van der Waals surface area contributed by atoms with Gasteiger partial charge in [0, 0.05) is 6.61 Å². The second-order valence-electron chi connectivity index (χ2n) is 2.04. The van der Waals surface area contributed by atoms with Crippen molar-refractivity contribution >= 4 is 37.7 Å². The van der Waals surface area contributed by atoms with Crippen LogP contribution in [-0.4, -0.2) is 62.7 Å². The SMILES string of the molecule is CCCCCOCCO.[Ca+2].[H-].[H-]. The molecule has 0 radical (unpaired) electrons. The van der Waals surface area contributed by atoms with E-state index in [1.165, 1.54) is 12.8 Å². The molecule has 0 fully saturated rings. The Morgan fingerprint density at radius 1 is 1.30 bits per heavy atom. The third-order valence-corrected chi connectivity index (χ3v) is 1.13. The van der Waals surface area contributed by atoms with Gasteiger partial charge in [0.1, 0.15) is 0 Å². The summed E-state index contributed by atoms with van der Waals surface area (Å²) in [5, 5.41) is 8.30. The van der Waals surface area contributed by atoms with E-state index in [1.54, 1.807) is 0 Å². The molecule has 0 unspecified atom stereocenters. The van der Waals surface area contributed by atoms with Crippen molar-refractivity contribution in [1.82, 2.24) is 0 Å². The molecule has 0 amide bonds. The van der Waals surface area contributed by atoms with Crippen LogP contribution in [0.1, 0.15) is 29.0 Å². The first kappa shape index (κ1) is 13.7. The summed E-state index contributed by atoms with van der Waals surface area (Å²) >= 11 is 0. The van der Waals surface area contributed by atoms with Crippen molar-refractivity contribution in [3.63, 3.8) is 0 Å². The second kappa shape index (κ2) is 12.8. The Labute approximate surface area is 95.9 Å². The monoisotopic (exact) mass is 174 g/mol. The normalized spacial score (nSPS) is 9.00. The fourth-order valence-electron chi connectivity index (χ4n) is 0.621. The number of ether oxygens (including phenoxy) is 1. The van der Waals surface area contributed by atoms with E-state index >= 15 is 0 Å². The summed E-state index contributed by atoms with van der Waals surface area (Å²) in [6.07, 6.45) is 3.57. The van der Waals surface area contributed by atoms with Gasteiger partial charge in [-0.25, -0.2) is 0 Å². The van der Waals surface area contributed by atoms with E-state index in [9.17, 15) is 0 Å². The van der Waals surface area contributed by atoms with Crippen LogP contribution in [0.5, 0.6) is 0 Å². The quantitative estimate of drug-likeness (QED) is 0.481. The zero-order chi connectivity index (χ0) is 6.95. The van der Waals surface area contributed by atoms with Gasteiger partial charge in [-0.3, -0.25) is 0 Å². The average molecular weight is 174 g/mol. The van der Waals surface area contributed by atoms with E-state index in [4.69, 9.17) is 9.84 Å². The predicted octanol–water partition coefficient (Wildman–Crippen LogP) is 1.03. The first-order valence-electron chi connectivity index (χ1n) is 3.60. The third-order valence-electron chi connectivity index (χ3n) is 1.13. The van der Waals surface area contributed by atoms with Gasteiger partial charge in [0.25, 0.3) is 0 Å². The summed E-state index contributed by atoms with van der Waals surface area (Å²) in [5.41, 5.74) is 0. The molecule has 0 saturated carbocycles. The van der Waals surface area contributed by atoms with Crippen LogP contribution in [0.25, 0.3) is 0 Å². The molecule has 0 aromatic carbocycles. The summed E-state index contributed by atoms with van der Waals surface area (Å²) in [6.45, 7) is 3.59. The summed E-state index contributed by atoms with van der Waals surface area (Å²) in [5.74, 6) is 0. The van der Waals surface area contributed by atoms with Gasteiger partial charge >= 0.3 is 37.7 Å². The molecular weight excluding hydrogens is 156 g/mol. The van der Waals surface area contributed by atoms with Gasteiger partial charge in [-0.05, 0) is 6.42 Å². The minimum Gasteiger partial charge on any atom is -1.00 e. The van der Waals surface area contributed by atoms with E-state index in [0.29, 0.717) is 6.61 Å². The summed E-state index contributed by atoms with van der Waals surface area (Å²) in [6, 6.07) is 0. The van der Waals surface area contributed by atoms with Crippen molar-refractivity contribution in [2.24, 2.45) is 0 Å². The molecule has 60 valence electrons. The second-order valence-corrected chi connectivity index (χ2v) is 2.04. The van der Waals surface area contributed by atoms with E-state index < -0.39 is 0 Å². The van der Waals surface area contributed by atoms with Crippen LogP contribution < -0.4 is 0 Å². The number of hydrogen-bond acceptors (Lipinski definition) is 2. The summed E-state index contributed by atoms with van der Waals surface area (Å²) in [7, 11) is 0. The van der Waals surface area contributed by atoms with Crippen LogP contribution in [0.4, 0.5) is 0 Å². The maximum absolute atomic E-state index is 8.30. The minimum absolute atomic E-state index is 0. The number of hydrogen-bond donors (Lipinski definition) is 1. The molecule has 0 bridgehead atoms. The maximum atomic E-state index is 8.30. The molecule has 0 spiro atoms. The number of aliphatic hydroxyl groups excluding tert-OH is 1. The number of rotatable bonds is 6. The zero-order valence-electron chi connectivity index (χ0n) is 8.81. The Balaban J connectivity index is -0.000000107. The first-order valence-corrected chi connectivity index (χ1v) is 3.60. The average Bonchev–Trinajstić information content (AvgIpc) is 1.89. The van der Waals surface area contributed by atoms with Crippen molar-refractivity contribution in [2.45, 2.75) is 26.2 Å². The molecule has 0 saturated heterocycles. The van der Waals surface area contributed by atoms with Crippen molar-refractivity contribution in [3.8, 4) is 0 Å². The van der Waals surface area contributed by atoms with Gasteiger partial charge in [-0.1, -0.05) is 19.8 Å². The fourth-order valence-corrected chi connectivity index (χ4v) is 0.621. The zero-order valence-corrected chi connectivity index (χ0v) is 9.01. The van der Waals surface area contributed by atoms with Crippen LogP contribution in [0.2, 0.25) is 0 Å². The van der Waals surface area contributed by atoms with Crippen LogP contribution in [0, 0.1) is 0 Å². The smallest absolute Gasteiger partial charge is 1.00 e. The van der Waals surface area contributed by atoms with Gasteiger partial charge in [0.05, 0.1) is 13.2 Å². The largest absolute Gasteiger partial charge is 2.00 e. The molecular formula is C7H18CaO2. The van der Waals surface area contributed by atoms with E-state index in [2.05, 4.69) is 6.92 Å². The van der Waals surface area contributed by atoms with Gasteiger partial charge in [0.2, 0.25) is 0 Å². The number of unbranched alkanes of at least 4 members (excludes halogenated alkanes) is 2. The van der Waals surface area contributed by atoms with Crippen LogP contribution >= 0.6 is 0 Å². The van der Waals surface area contributed by atoms with Gasteiger partial charge in [-0.15, -0.1) is 0 Å². The van der Waals surface area contributed by atoms with E-state index in [-0.39, 0.29) is 47.2 Å². The molecule has 3 heteroatoms. The van der Waals surface area contributed by atoms with Crippen LogP contribution in [0.15, 0.2) is 0 Å². The Hall–Kier alpha value is 1.18. The Morgan fingerprint density at radius 3 is 2.50 bits per heavy atom. The van der Waals surface area contributed by atoms with Gasteiger partial charge in [-0.2, -0.15) is 0 Å². The molecule has 2 nitrogen and oxygen atoms in total. The molecule has 1 N–H and O–H groups in total. The summed E-state index contributed by atoms with van der Waals surface area (Å²) in [4.78, 5) is 0. The summed E-state index contributed by atoms with van der Waals surface area (Å²) < 4.78 is 5.03. The molecule has 0 heterocycles. The Bertz CT molecular complexity index is 52.7. The van der Waals surface area contributed by atoms with Crippen molar-refractivity contribution < 1.29 is 12.7 Å². The molecule has 0 aliphatic heterocycles. The Kier molecular flexibility index (Phi) is 17.6. The van der Waals surface area contributed by atoms with E-state index in [0.717, 1.165) is 13.0 Å². The third kappa shape index (κ3) is 11.9. The van der Waals surface area contributed by atoms with Gasteiger partial charge in [0.15, 0.2) is 0 Å². The molecule has 0 aliphatic carbocycles. The van der Waals surface area contributed by atoms with Crippen molar-refractivity contribution in [3.05, 3.63) is 0 Å². The van der Waals surface area contributed by atoms with Crippen molar-refractivity contribution in [1.29, 1.82) is 0 Å². The molecule has 0 aromatic heterocycles. The fraction of sp³-hybridized carbons (Fsp3) is 1.00. The molecule has 0 aliphatic rings. The van der Waals surface area contributed by atoms with Crippen LogP contribution in [-0.2, 0) is 4.74 Å². The topological polar surface area (TPSA) is 29.5 Å². The molecule has 0 aromatic rings. The standard InChI is InChI=1S/C7H16O2.Ca.2H/c1-2-3-4-6-9-7-5-8;;;/h8H,2-7H2,1H3;;;/q;+2;2*-1. The Morgan fingerprint density at radius 2 is 2.00 bits per heavy atom. The van der Waals surface area contributed by atoms with Crippen molar-refractivity contribution in [2.75, 3.05) is 19.8 Å². The van der Waals surface area contributed by atoms with Crippen LogP contribution in [0.3, 0.4) is 0 Å². The molecule has 0 atom stereocenters. The molecule has 10 heavy (non-hydrogen) atoms. The predicted molar refractivity (Wildman–Crippen MR) is 45.4 cm³/mol. The van der Waals surface area contributed by atoms with E-state index in [1.807, 2.05) is 0 Å². The first-order chi connectivity index (χ1) is 4.41. The minimum atomic E-state index is 0. The molecule has 0 rings (SSSR count).